The van der Waals surface area contributed by atoms with Crippen molar-refractivity contribution in [3.8, 4) is 0 Å². The third-order valence-electron chi connectivity index (χ3n) is 3.60. The fraction of sp³-hybridized carbons (Fsp3) is 0.600. The average Bonchev–Trinajstić information content (AvgIpc) is 2.34. The van der Waals surface area contributed by atoms with E-state index in [-0.39, 0.29) is 30.5 Å². The van der Waals surface area contributed by atoms with Crippen LogP contribution in [0.4, 0.5) is 19.0 Å². The normalized spacial score (nSPS) is 18.7. The van der Waals surface area contributed by atoms with Gasteiger partial charge in [-0.15, -0.1) is 0 Å². The number of aromatic nitrogens is 1. The van der Waals surface area contributed by atoms with E-state index in [2.05, 4.69) is 10.3 Å². The van der Waals surface area contributed by atoms with Crippen molar-refractivity contribution in [3.05, 3.63) is 22.9 Å². The van der Waals surface area contributed by atoms with Crippen LogP contribution in [0.15, 0.2) is 6.07 Å². The Morgan fingerprint density at radius 1 is 1.36 bits per heavy atom. The topological polar surface area (TPSA) is 62.2 Å². The number of carboxylic acid groups (broad SMARTS) is 1. The molecule has 0 fully saturated rings. The molecular weight excluding hydrogens is 297 g/mol. The van der Waals surface area contributed by atoms with Gasteiger partial charge in [-0.2, -0.15) is 13.2 Å². The summed E-state index contributed by atoms with van der Waals surface area (Å²) in [5, 5.41) is 12.2. The highest BCUT2D eigenvalue weighted by atomic mass is 19.4. The molecule has 122 valence electrons. The van der Waals surface area contributed by atoms with Gasteiger partial charge in [0.25, 0.3) is 0 Å². The molecule has 0 radical (unpaired) electrons. The lowest BCUT2D eigenvalue weighted by Gasteiger charge is -2.30. The summed E-state index contributed by atoms with van der Waals surface area (Å²) in [7, 11) is 0. The molecule has 0 bridgehead atoms. The molecule has 1 aromatic heterocycles. The highest BCUT2D eigenvalue weighted by Crippen LogP contribution is 2.39. The Kier molecular flexibility index (Phi) is 4.10. The van der Waals surface area contributed by atoms with Gasteiger partial charge in [0.15, 0.2) is 5.69 Å². The molecule has 0 spiro atoms. The molecule has 4 nitrogen and oxygen atoms in total. The van der Waals surface area contributed by atoms with Crippen LogP contribution in [-0.2, 0) is 12.8 Å². The number of halogens is 3. The SMILES string of the molecule is CC(C)(C)Nc1nc(C(=O)O)cc2c1CCC(C(F)(F)F)C2. The fourth-order valence-electron chi connectivity index (χ4n) is 2.62. The fourth-order valence-corrected chi connectivity index (χ4v) is 2.62. The highest BCUT2D eigenvalue weighted by molar-refractivity contribution is 5.86. The van der Waals surface area contributed by atoms with Gasteiger partial charge in [-0.05, 0) is 57.2 Å². The van der Waals surface area contributed by atoms with E-state index in [1.54, 1.807) is 0 Å². The second-order valence-electron chi connectivity index (χ2n) is 6.66. The van der Waals surface area contributed by atoms with Gasteiger partial charge in [0.1, 0.15) is 5.82 Å². The van der Waals surface area contributed by atoms with Crippen LogP contribution in [0, 0.1) is 5.92 Å². The molecule has 22 heavy (non-hydrogen) atoms. The molecule has 0 amide bonds. The molecule has 1 aliphatic carbocycles. The Balaban J connectivity index is 2.46. The highest BCUT2D eigenvalue weighted by Gasteiger charge is 2.42. The van der Waals surface area contributed by atoms with Crippen molar-refractivity contribution >= 4 is 11.8 Å². The van der Waals surface area contributed by atoms with Crippen molar-refractivity contribution < 1.29 is 23.1 Å². The van der Waals surface area contributed by atoms with Crippen LogP contribution in [0.5, 0.6) is 0 Å². The predicted octanol–water partition coefficient (Wildman–Crippen LogP) is 3.66. The number of carbonyl (C=O) groups is 1. The first-order valence-corrected chi connectivity index (χ1v) is 7.08. The lowest BCUT2D eigenvalue weighted by molar-refractivity contribution is -0.177. The summed E-state index contributed by atoms with van der Waals surface area (Å²) < 4.78 is 38.8. The van der Waals surface area contributed by atoms with E-state index in [0.29, 0.717) is 16.9 Å². The zero-order chi connectivity index (χ0) is 16.7. The lowest BCUT2D eigenvalue weighted by Crippen LogP contribution is -2.32. The van der Waals surface area contributed by atoms with Gasteiger partial charge in [0, 0.05) is 5.54 Å². The summed E-state index contributed by atoms with van der Waals surface area (Å²) in [6.45, 7) is 5.65. The van der Waals surface area contributed by atoms with Crippen LogP contribution < -0.4 is 5.32 Å². The minimum absolute atomic E-state index is 0.00339. The predicted molar refractivity (Wildman–Crippen MR) is 76.1 cm³/mol. The van der Waals surface area contributed by atoms with E-state index in [1.807, 2.05) is 20.8 Å². The van der Waals surface area contributed by atoms with Gasteiger partial charge < -0.3 is 10.4 Å². The van der Waals surface area contributed by atoms with Crippen molar-refractivity contribution in [3.63, 3.8) is 0 Å². The summed E-state index contributed by atoms with van der Waals surface area (Å²) in [5.41, 5.74) is 0.528. The lowest BCUT2D eigenvalue weighted by atomic mass is 9.83. The first-order valence-electron chi connectivity index (χ1n) is 7.08. The number of aromatic carboxylic acids is 1. The smallest absolute Gasteiger partial charge is 0.392 e. The Morgan fingerprint density at radius 2 is 2.00 bits per heavy atom. The van der Waals surface area contributed by atoms with Crippen LogP contribution in [0.1, 0.15) is 48.8 Å². The zero-order valence-corrected chi connectivity index (χ0v) is 12.7. The molecule has 7 heteroatoms. The van der Waals surface area contributed by atoms with Crippen molar-refractivity contribution in [2.45, 2.75) is 51.7 Å². The second-order valence-corrected chi connectivity index (χ2v) is 6.66. The number of pyridine rings is 1. The van der Waals surface area contributed by atoms with E-state index >= 15 is 0 Å². The molecule has 1 atom stereocenters. The Morgan fingerprint density at radius 3 is 2.50 bits per heavy atom. The largest absolute Gasteiger partial charge is 0.477 e. The van der Waals surface area contributed by atoms with E-state index in [4.69, 9.17) is 5.11 Å². The maximum atomic E-state index is 12.9. The van der Waals surface area contributed by atoms with Crippen LogP contribution in [0.25, 0.3) is 0 Å². The molecular formula is C15H19F3N2O2. The molecule has 0 aromatic carbocycles. The standard InChI is InChI=1S/C15H19F3N2O2/c1-14(2,3)20-12-10-5-4-9(15(16,17)18)6-8(10)7-11(19-12)13(21)22/h7,9H,4-6H2,1-3H3,(H,19,20)(H,21,22). The monoisotopic (exact) mass is 316 g/mol. The number of carboxylic acids is 1. The molecule has 0 aliphatic heterocycles. The van der Waals surface area contributed by atoms with Gasteiger partial charge in [-0.3, -0.25) is 0 Å². The van der Waals surface area contributed by atoms with Gasteiger partial charge in [-0.1, -0.05) is 0 Å². The number of alkyl halides is 3. The molecule has 2 N–H and O–H groups in total. The summed E-state index contributed by atoms with van der Waals surface area (Å²) in [6, 6.07) is 1.27. The summed E-state index contributed by atoms with van der Waals surface area (Å²) >= 11 is 0. The molecule has 1 unspecified atom stereocenters. The van der Waals surface area contributed by atoms with Gasteiger partial charge in [0.05, 0.1) is 5.92 Å². The molecule has 2 rings (SSSR count). The quantitative estimate of drug-likeness (QED) is 0.874. The summed E-state index contributed by atoms with van der Waals surface area (Å²) in [4.78, 5) is 15.2. The zero-order valence-electron chi connectivity index (χ0n) is 12.7. The maximum absolute atomic E-state index is 12.9. The number of nitrogens with one attached hydrogen (secondary N) is 1. The number of rotatable bonds is 2. The first-order chi connectivity index (χ1) is 9.97. The molecule has 1 heterocycles. The Labute approximate surface area is 126 Å². The number of anilines is 1. The maximum Gasteiger partial charge on any atom is 0.392 e. The van der Waals surface area contributed by atoms with Gasteiger partial charge >= 0.3 is 12.1 Å². The Hall–Kier alpha value is -1.79. The summed E-state index contributed by atoms with van der Waals surface area (Å²) in [5.74, 6) is -2.29. The van der Waals surface area contributed by atoms with Crippen molar-refractivity contribution in [1.82, 2.24) is 4.98 Å². The van der Waals surface area contributed by atoms with Crippen LogP contribution in [0.2, 0.25) is 0 Å². The first kappa shape index (κ1) is 16.6. The van der Waals surface area contributed by atoms with E-state index in [0.717, 1.165) is 0 Å². The minimum Gasteiger partial charge on any atom is -0.477 e. The molecule has 1 aromatic rings. The average molecular weight is 316 g/mol. The van der Waals surface area contributed by atoms with Crippen LogP contribution in [-0.4, -0.2) is 27.8 Å². The second kappa shape index (κ2) is 5.44. The third kappa shape index (κ3) is 3.69. The molecule has 1 aliphatic rings. The van der Waals surface area contributed by atoms with Gasteiger partial charge in [0.2, 0.25) is 0 Å². The van der Waals surface area contributed by atoms with Crippen molar-refractivity contribution in [2.75, 3.05) is 5.32 Å². The number of hydrogen-bond acceptors (Lipinski definition) is 3. The van der Waals surface area contributed by atoms with Crippen LogP contribution in [0.3, 0.4) is 0 Å². The minimum atomic E-state index is -4.26. The van der Waals surface area contributed by atoms with Crippen molar-refractivity contribution in [1.29, 1.82) is 0 Å². The van der Waals surface area contributed by atoms with Crippen LogP contribution >= 0.6 is 0 Å². The van der Waals surface area contributed by atoms with E-state index in [9.17, 15) is 18.0 Å². The molecule has 0 saturated heterocycles. The van der Waals surface area contributed by atoms with E-state index in [1.165, 1.54) is 6.07 Å². The number of nitrogens with zero attached hydrogens (tertiary/aromatic N) is 1. The van der Waals surface area contributed by atoms with E-state index < -0.39 is 18.1 Å². The van der Waals surface area contributed by atoms with Crippen molar-refractivity contribution in [2.24, 2.45) is 5.92 Å². The molecule has 0 saturated carbocycles. The Bertz CT molecular complexity index is 592. The summed E-state index contributed by atoms with van der Waals surface area (Å²) in [6.07, 6.45) is -4.21. The van der Waals surface area contributed by atoms with Gasteiger partial charge in [-0.25, -0.2) is 9.78 Å². The number of fused-ring (bicyclic) bond motifs is 1. The number of hydrogen-bond donors (Lipinski definition) is 2. The third-order valence-corrected chi connectivity index (χ3v) is 3.60.